The Bertz CT molecular complexity index is 1210. The van der Waals surface area contributed by atoms with E-state index in [0.717, 1.165) is 0 Å². The fourth-order valence-corrected chi connectivity index (χ4v) is 4.94. The van der Waals surface area contributed by atoms with Crippen molar-refractivity contribution in [1.82, 2.24) is 19.1 Å². The van der Waals surface area contributed by atoms with Crippen molar-refractivity contribution in [3.05, 3.63) is 63.5 Å². The number of carbonyl (C=O) groups excluding carboxylic acids is 1. The van der Waals surface area contributed by atoms with Crippen molar-refractivity contribution in [3.63, 3.8) is 0 Å². The van der Waals surface area contributed by atoms with Crippen LogP contribution in [0.2, 0.25) is 5.02 Å². The Labute approximate surface area is 210 Å². The minimum atomic E-state index is -0.724. The molecular formula is C21H24ClFIN4O4P. The summed E-state index contributed by atoms with van der Waals surface area (Å²) in [5.74, 6) is -0.305. The van der Waals surface area contributed by atoms with E-state index < -0.39 is 23.1 Å². The van der Waals surface area contributed by atoms with E-state index >= 15 is 0 Å². The normalized spacial score (nSPS) is 13.1. The topological polar surface area (TPSA) is 78.1 Å². The van der Waals surface area contributed by atoms with Crippen molar-refractivity contribution in [2.45, 2.75) is 45.9 Å². The van der Waals surface area contributed by atoms with Gasteiger partial charge in [0.2, 0.25) is 0 Å². The molecule has 8 nitrogen and oxygen atoms in total. The fourth-order valence-electron chi connectivity index (χ4n) is 3.18. The molecule has 2 heterocycles. The lowest BCUT2D eigenvalue weighted by Gasteiger charge is -2.29. The molecule has 0 bridgehead atoms. The number of carbonyl (C=O) groups is 1. The molecule has 1 amide bonds. The molecule has 178 valence electrons. The van der Waals surface area contributed by atoms with Gasteiger partial charge in [0, 0.05) is 6.20 Å². The van der Waals surface area contributed by atoms with Gasteiger partial charge in [0.15, 0.2) is 5.82 Å². The first kappa shape index (κ1) is 25.9. The van der Waals surface area contributed by atoms with Crippen molar-refractivity contribution in [3.8, 4) is 5.69 Å². The lowest BCUT2D eigenvalue weighted by Crippen LogP contribution is -2.42. The first-order chi connectivity index (χ1) is 15.5. The zero-order valence-corrected chi connectivity index (χ0v) is 22.4. The second kappa shape index (κ2) is 10.7. The number of rotatable bonds is 7. The van der Waals surface area contributed by atoms with E-state index in [4.69, 9.17) is 20.9 Å². The van der Waals surface area contributed by atoms with E-state index in [-0.39, 0.29) is 47.7 Å². The van der Waals surface area contributed by atoms with Crippen molar-refractivity contribution >= 4 is 51.7 Å². The zero-order valence-electron chi connectivity index (χ0n) is 18.5. The molecule has 0 spiro atoms. The van der Waals surface area contributed by atoms with Crippen molar-refractivity contribution < 1.29 is 18.4 Å². The van der Waals surface area contributed by atoms with E-state index in [2.05, 4.69) is 27.1 Å². The molecule has 0 saturated heterocycles. The summed E-state index contributed by atoms with van der Waals surface area (Å²) in [7, 11) is 0. The molecule has 0 aliphatic rings. The second-order valence-electron chi connectivity index (χ2n) is 8.36. The first-order valence-corrected chi connectivity index (χ1v) is 14.4. The standard InChI is InChI=1S/C21H24ClFIN4O4P/c1-13(32-33-24)11-26(20(30)31-21(2,3)4)12-17-25-27-9-8-16(22)18(27)19(29)28(17)15-7-5-6-14(23)10-15/h5-10,13,33H,11-12H2,1-4H3. The molecule has 2 aromatic heterocycles. The SMILES string of the molecule is CC(CN(Cc1nn2ccc(Cl)c2c(=O)n1-c1cccc(F)c1)C(=O)OC(C)(C)C)OPI. The molecule has 12 heteroatoms. The molecule has 33 heavy (non-hydrogen) atoms. The Hall–Kier alpha value is -1.75. The number of nitrogens with zero attached hydrogens (tertiary/aromatic N) is 4. The summed E-state index contributed by atoms with van der Waals surface area (Å²) in [5, 5.41) is 4.74. The smallest absolute Gasteiger partial charge is 0.410 e. The Balaban J connectivity index is 2.13. The predicted octanol–water partition coefficient (Wildman–Crippen LogP) is 5.36. The average molecular weight is 609 g/mol. The Morgan fingerprint density at radius 2 is 2.09 bits per heavy atom. The molecule has 0 N–H and O–H groups in total. The Morgan fingerprint density at radius 3 is 2.73 bits per heavy atom. The minimum Gasteiger partial charge on any atom is -0.444 e. The number of halogens is 3. The third-order valence-corrected chi connectivity index (χ3v) is 6.04. The van der Waals surface area contributed by atoms with Gasteiger partial charge in [-0.1, -0.05) is 17.7 Å². The third-order valence-electron chi connectivity index (χ3n) is 4.48. The Morgan fingerprint density at radius 1 is 1.36 bits per heavy atom. The number of hydrogen-bond donors (Lipinski definition) is 0. The number of hydrogen-bond acceptors (Lipinski definition) is 5. The van der Waals surface area contributed by atoms with E-state index in [9.17, 15) is 14.0 Å². The van der Waals surface area contributed by atoms with E-state index in [1.54, 1.807) is 39.1 Å². The van der Waals surface area contributed by atoms with Crippen LogP contribution in [0.15, 0.2) is 41.3 Å². The summed E-state index contributed by atoms with van der Waals surface area (Å²) >= 11 is 8.31. The summed E-state index contributed by atoms with van der Waals surface area (Å²) in [6.45, 7) is 7.48. The van der Waals surface area contributed by atoms with Gasteiger partial charge in [-0.2, -0.15) is 5.10 Å². The number of aromatic nitrogens is 3. The summed E-state index contributed by atoms with van der Waals surface area (Å²) in [6, 6.07) is 7.13. The van der Waals surface area contributed by atoms with Gasteiger partial charge in [0.1, 0.15) is 16.9 Å². The summed E-state index contributed by atoms with van der Waals surface area (Å²) in [5.41, 5.74) is -0.790. The Kier molecular flexibility index (Phi) is 8.36. The highest BCUT2D eigenvalue weighted by atomic mass is 127. The number of benzene rings is 1. The van der Waals surface area contributed by atoms with Gasteiger partial charge in [-0.25, -0.2) is 13.7 Å². The zero-order chi connectivity index (χ0) is 24.3. The maximum absolute atomic E-state index is 14.0. The van der Waals surface area contributed by atoms with Crippen LogP contribution in [0.25, 0.3) is 11.2 Å². The molecule has 0 saturated carbocycles. The predicted molar refractivity (Wildman–Crippen MR) is 135 cm³/mol. The van der Waals surface area contributed by atoms with Crippen LogP contribution in [-0.2, 0) is 15.8 Å². The third kappa shape index (κ3) is 6.44. The van der Waals surface area contributed by atoms with Crippen LogP contribution in [0, 0.1) is 5.82 Å². The monoisotopic (exact) mass is 608 g/mol. The molecule has 2 atom stereocenters. The quantitative estimate of drug-likeness (QED) is 0.267. The maximum Gasteiger partial charge on any atom is 0.410 e. The van der Waals surface area contributed by atoms with Gasteiger partial charge in [-0.05, 0) is 74.0 Å². The lowest BCUT2D eigenvalue weighted by molar-refractivity contribution is 0.0163. The maximum atomic E-state index is 14.0. The number of ether oxygens (including phenoxy) is 1. The molecule has 2 unspecified atom stereocenters. The highest BCUT2D eigenvalue weighted by Gasteiger charge is 2.27. The van der Waals surface area contributed by atoms with Crippen molar-refractivity contribution in [2.75, 3.05) is 6.54 Å². The van der Waals surface area contributed by atoms with E-state index in [0.29, 0.717) is 0 Å². The molecule has 0 radical (unpaired) electrons. The molecule has 0 aliphatic carbocycles. The summed E-state index contributed by atoms with van der Waals surface area (Å²) in [4.78, 5) is 27.8. The average Bonchev–Trinajstić information content (AvgIpc) is 3.07. The second-order valence-corrected chi connectivity index (χ2v) is 10.5. The van der Waals surface area contributed by atoms with Crippen LogP contribution in [0.4, 0.5) is 9.18 Å². The number of amides is 1. The van der Waals surface area contributed by atoms with Crippen molar-refractivity contribution in [1.29, 1.82) is 0 Å². The molecule has 1 aromatic carbocycles. The van der Waals surface area contributed by atoms with Crippen LogP contribution in [0.5, 0.6) is 0 Å². The van der Waals surface area contributed by atoms with Gasteiger partial charge < -0.3 is 9.26 Å². The van der Waals surface area contributed by atoms with Gasteiger partial charge in [0.05, 0.1) is 36.4 Å². The molecule has 3 rings (SSSR count). The van der Waals surface area contributed by atoms with Crippen LogP contribution in [0.1, 0.15) is 33.5 Å². The molecule has 0 fully saturated rings. The van der Waals surface area contributed by atoms with Gasteiger partial charge in [0.25, 0.3) is 5.56 Å². The molecular weight excluding hydrogens is 585 g/mol. The summed E-state index contributed by atoms with van der Waals surface area (Å²) < 4.78 is 27.8. The largest absolute Gasteiger partial charge is 0.444 e. The van der Waals surface area contributed by atoms with Crippen LogP contribution in [0.3, 0.4) is 0 Å². The van der Waals surface area contributed by atoms with Crippen LogP contribution in [-0.4, -0.2) is 43.4 Å². The van der Waals surface area contributed by atoms with Gasteiger partial charge in [-0.3, -0.25) is 14.3 Å². The highest BCUT2D eigenvalue weighted by Crippen LogP contribution is 2.25. The van der Waals surface area contributed by atoms with E-state index in [1.165, 1.54) is 32.2 Å². The van der Waals surface area contributed by atoms with Crippen LogP contribution < -0.4 is 5.56 Å². The minimum absolute atomic E-state index is 0.0789. The van der Waals surface area contributed by atoms with Crippen molar-refractivity contribution in [2.24, 2.45) is 0 Å². The van der Waals surface area contributed by atoms with Gasteiger partial charge in [-0.15, -0.1) is 0 Å². The molecule has 0 aliphatic heterocycles. The summed E-state index contributed by atoms with van der Waals surface area (Å²) in [6.07, 6.45) is 0.687. The number of fused-ring (bicyclic) bond motifs is 1. The lowest BCUT2D eigenvalue weighted by atomic mass is 10.2. The highest BCUT2D eigenvalue weighted by molar-refractivity contribution is 14.2. The van der Waals surface area contributed by atoms with Gasteiger partial charge >= 0.3 is 6.09 Å². The van der Waals surface area contributed by atoms with E-state index in [1.807, 2.05) is 6.92 Å². The first-order valence-electron chi connectivity index (χ1n) is 10.0. The fraction of sp³-hybridized carbons (Fsp3) is 0.381. The van der Waals surface area contributed by atoms with Crippen LogP contribution >= 0.6 is 40.1 Å². The molecule has 3 aromatic rings.